The van der Waals surface area contributed by atoms with Gasteiger partial charge in [0.1, 0.15) is 5.60 Å². The molecule has 0 aliphatic carbocycles. The molecule has 1 atom stereocenters. The van der Waals surface area contributed by atoms with Crippen LogP contribution in [0, 0.1) is 0 Å². The third kappa shape index (κ3) is 7.11. The second-order valence-electron chi connectivity index (χ2n) is 5.06. The van der Waals surface area contributed by atoms with Crippen molar-refractivity contribution in [2.45, 2.75) is 39.3 Å². The SMILES string of the molecule is CC1CNCCN1C(=O)OC(C)(C)C.COC=O. The molecule has 0 aromatic carbocycles. The molecular weight excluding hydrogens is 236 g/mol. The Morgan fingerprint density at radius 2 is 2.00 bits per heavy atom. The van der Waals surface area contributed by atoms with Crippen LogP contribution in [0.3, 0.4) is 0 Å². The summed E-state index contributed by atoms with van der Waals surface area (Å²) in [7, 11) is 1.31. The number of hydrogen-bond donors (Lipinski definition) is 1. The van der Waals surface area contributed by atoms with Crippen LogP contribution in [0.2, 0.25) is 0 Å². The van der Waals surface area contributed by atoms with Crippen molar-refractivity contribution in [3.8, 4) is 0 Å². The fourth-order valence-corrected chi connectivity index (χ4v) is 1.43. The van der Waals surface area contributed by atoms with Crippen LogP contribution >= 0.6 is 0 Å². The molecule has 0 bridgehead atoms. The highest BCUT2D eigenvalue weighted by Gasteiger charge is 2.27. The van der Waals surface area contributed by atoms with Crippen LogP contribution in [0.1, 0.15) is 27.7 Å². The van der Waals surface area contributed by atoms with E-state index in [4.69, 9.17) is 9.53 Å². The standard InChI is InChI=1S/C10H20N2O2.C2H4O2/c1-8-7-11-5-6-12(8)9(13)14-10(2,3)4;1-4-2-3/h8,11H,5-7H2,1-4H3;2H,1H3. The molecule has 1 saturated heterocycles. The Morgan fingerprint density at radius 3 is 2.39 bits per heavy atom. The fraction of sp³-hybridized carbons (Fsp3) is 0.833. The van der Waals surface area contributed by atoms with Crippen LogP contribution in [0.25, 0.3) is 0 Å². The summed E-state index contributed by atoms with van der Waals surface area (Å²) in [6.07, 6.45) is -0.202. The van der Waals surface area contributed by atoms with Gasteiger partial charge in [0.15, 0.2) is 0 Å². The van der Waals surface area contributed by atoms with E-state index in [1.807, 2.05) is 27.7 Å². The van der Waals surface area contributed by atoms with Gasteiger partial charge in [-0.25, -0.2) is 4.79 Å². The Balaban J connectivity index is 0.000000631. The minimum atomic E-state index is -0.401. The van der Waals surface area contributed by atoms with E-state index in [1.165, 1.54) is 7.11 Å². The summed E-state index contributed by atoms with van der Waals surface area (Å²) in [5.74, 6) is 0. The first-order valence-electron chi connectivity index (χ1n) is 5.98. The average Bonchev–Trinajstić information content (AvgIpc) is 2.27. The highest BCUT2D eigenvalue weighted by Crippen LogP contribution is 2.12. The summed E-state index contributed by atoms with van der Waals surface area (Å²) in [5.41, 5.74) is -0.401. The molecule has 0 radical (unpaired) electrons. The number of hydrogen-bond acceptors (Lipinski definition) is 5. The van der Waals surface area contributed by atoms with Crippen LogP contribution < -0.4 is 5.32 Å². The van der Waals surface area contributed by atoms with Crippen molar-refractivity contribution in [1.29, 1.82) is 0 Å². The van der Waals surface area contributed by atoms with Gasteiger partial charge < -0.3 is 19.7 Å². The van der Waals surface area contributed by atoms with Crippen LogP contribution in [-0.2, 0) is 14.3 Å². The molecule has 1 aliphatic rings. The van der Waals surface area contributed by atoms with Gasteiger partial charge in [0.25, 0.3) is 6.47 Å². The molecule has 6 heteroatoms. The normalized spacial score (nSPS) is 19.4. The molecule has 1 N–H and O–H groups in total. The predicted molar refractivity (Wildman–Crippen MR) is 68.3 cm³/mol. The largest absolute Gasteiger partial charge is 0.471 e. The van der Waals surface area contributed by atoms with E-state index in [1.54, 1.807) is 4.90 Å². The second-order valence-corrected chi connectivity index (χ2v) is 5.06. The maximum absolute atomic E-state index is 11.7. The van der Waals surface area contributed by atoms with E-state index >= 15 is 0 Å². The third-order valence-electron chi connectivity index (χ3n) is 2.23. The molecule has 6 nitrogen and oxygen atoms in total. The minimum Gasteiger partial charge on any atom is -0.471 e. The molecule has 106 valence electrons. The number of carbonyl (C=O) groups excluding carboxylic acids is 2. The highest BCUT2D eigenvalue weighted by atomic mass is 16.6. The lowest BCUT2D eigenvalue weighted by Gasteiger charge is -2.35. The van der Waals surface area contributed by atoms with Crippen LogP contribution in [0.4, 0.5) is 4.79 Å². The van der Waals surface area contributed by atoms with Crippen LogP contribution in [-0.4, -0.2) is 55.9 Å². The van der Waals surface area contributed by atoms with Gasteiger partial charge in [-0.3, -0.25) is 4.79 Å². The molecule has 1 unspecified atom stereocenters. The summed E-state index contributed by atoms with van der Waals surface area (Å²) in [6.45, 7) is 10.5. The predicted octanol–water partition coefficient (Wildman–Crippen LogP) is 1.00. The van der Waals surface area contributed by atoms with Crippen molar-refractivity contribution in [1.82, 2.24) is 10.2 Å². The number of nitrogens with one attached hydrogen (secondary N) is 1. The van der Waals surface area contributed by atoms with E-state index in [9.17, 15) is 4.79 Å². The van der Waals surface area contributed by atoms with E-state index in [2.05, 4.69) is 10.1 Å². The molecule has 1 rings (SSSR count). The monoisotopic (exact) mass is 260 g/mol. The number of amides is 1. The van der Waals surface area contributed by atoms with Gasteiger partial charge in [0.05, 0.1) is 7.11 Å². The average molecular weight is 260 g/mol. The Hall–Kier alpha value is -1.30. The third-order valence-corrected chi connectivity index (χ3v) is 2.23. The summed E-state index contributed by atoms with van der Waals surface area (Å²) >= 11 is 0. The molecule has 18 heavy (non-hydrogen) atoms. The first-order valence-corrected chi connectivity index (χ1v) is 5.98. The zero-order valence-electron chi connectivity index (χ0n) is 11.9. The number of ether oxygens (including phenoxy) is 2. The van der Waals surface area contributed by atoms with Crippen molar-refractivity contribution in [3.05, 3.63) is 0 Å². The lowest BCUT2D eigenvalue weighted by Crippen LogP contribution is -2.53. The molecule has 0 saturated carbocycles. The number of methoxy groups -OCH3 is 1. The number of nitrogens with zero attached hydrogens (tertiary/aromatic N) is 1. The van der Waals surface area contributed by atoms with E-state index < -0.39 is 5.60 Å². The summed E-state index contributed by atoms with van der Waals surface area (Å²) in [5, 5.41) is 3.23. The summed E-state index contributed by atoms with van der Waals surface area (Å²) in [4.78, 5) is 22.4. The van der Waals surface area contributed by atoms with Crippen molar-refractivity contribution in [2.75, 3.05) is 26.7 Å². The Kier molecular flexibility index (Phi) is 7.35. The second kappa shape index (κ2) is 7.92. The van der Waals surface area contributed by atoms with E-state index in [-0.39, 0.29) is 12.1 Å². The van der Waals surface area contributed by atoms with E-state index in [0.717, 1.165) is 19.6 Å². The highest BCUT2D eigenvalue weighted by molar-refractivity contribution is 5.68. The Morgan fingerprint density at radius 1 is 1.44 bits per heavy atom. The van der Waals surface area contributed by atoms with Gasteiger partial charge in [0, 0.05) is 25.7 Å². The van der Waals surface area contributed by atoms with Crippen LogP contribution in [0.5, 0.6) is 0 Å². The zero-order chi connectivity index (χ0) is 14.2. The lowest BCUT2D eigenvalue weighted by molar-refractivity contribution is -0.126. The zero-order valence-corrected chi connectivity index (χ0v) is 11.9. The fourth-order valence-electron chi connectivity index (χ4n) is 1.43. The van der Waals surface area contributed by atoms with Crippen molar-refractivity contribution in [3.63, 3.8) is 0 Å². The van der Waals surface area contributed by atoms with Gasteiger partial charge in [0.2, 0.25) is 0 Å². The molecular formula is C12H24N2O4. The van der Waals surface area contributed by atoms with E-state index in [0.29, 0.717) is 6.47 Å². The smallest absolute Gasteiger partial charge is 0.410 e. The minimum absolute atomic E-state index is 0.202. The van der Waals surface area contributed by atoms with Gasteiger partial charge in [-0.15, -0.1) is 0 Å². The van der Waals surface area contributed by atoms with Crippen molar-refractivity contribution >= 4 is 12.6 Å². The van der Waals surface area contributed by atoms with Crippen molar-refractivity contribution in [2.24, 2.45) is 0 Å². The molecule has 1 aliphatic heterocycles. The first kappa shape index (κ1) is 16.7. The van der Waals surface area contributed by atoms with Gasteiger partial charge in [-0.1, -0.05) is 0 Å². The topological polar surface area (TPSA) is 67.9 Å². The Bertz CT molecular complexity index is 263. The number of rotatable bonds is 1. The molecule has 0 aromatic heterocycles. The maximum Gasteiger partial charge on any atom is 0.410 e. The molecule has 1 amide bonds. The quantitative estimate of drug-likeness (QED) is 0.712. The summed E-state index contributed by atoms with van der Waals surface area (Å²) < 4.78 is 9.17. The van der Waals surface area contributed by atoms with Crippen molar-refractivity contribution < 1.29 is 19.1 Å². The van der Waals surface area contributed by atoms with Gasteiger partial charge >= 0.3 is 6.09 Å². The maximum atomic E-state index is 11.7. The first-order chi connectivity index (χ1) is 8.31. The van der Waals surface area contributed by atoms with Gasteiger partial charge in [-0.05, 0) is 27.7 Å². The Labute approximate surface area is 109 Å². The number of carbonyl (C=O) groups is 2. The lowest BCUT2D eigenvalue weighted by atomic mass is 10.2. The van der Waals surface area contributed by atoms with Gasteiger partial charge in [-0.2, -0.15) is 0 Å². The molecule has 0 spiro atoms. The summed E-state index contributed by atoms with van der Waals surface area (Å²) in [6, 6.07) is 0.221. The number of piperazine rings is 1. The molecule has 1 heterocycles. The van der Waals surface area contributed by atoms with Crippen LogP contribution in [0.15, 0.2) is 0 Å². The molecule has 1 fully saturated rings. The molecule has 0 aromatic rings.